The van der Waals surface area contributed by atoms with Gasteiger partial charge in [-0.3, -0.25) is 4.79 Å². The predicted molar refractivity (Wildman–Crippen MR) is 75.1 cm³/mol. The normalized spacial score (nSPS) is 12.1. The molecule has 2 rings (SSSR count). The quantitative estimate of drug-likeness (QED) is 0.610. The largest absolute Gasteiger partial charge is 0.508 e. The van der Waals surface area contributed by atoms with Crippen molar-refractivity contribution in [2.75, 3.05) is 6.54 Å². The minimum Gasteiger partial charge on any atom is -0.508 e. The Kier molecular flexibility index (Phi) is 4.73. The van der Waals surface area contributed by atoms with Crippen LogP contribution in [0.4, 0.5) is 0 Å². The second kappa shape index (κ2) is 6.72. The number of aromatic amines is 1. The lowest BCUT2D eigenvalue weighted by molar-refractivity contribution is -0.122. The summed E-state index contributed by atoms with van der Waals surface area (Å²) in [6, 6.07) is 6.08. The molecule has 2 aromatic rings. The van der Waals surface area contributed by atoms with Gasteiger partial charge in [-0.2, -0.15) is 0 Å². The molecule has 0 fully saturated rings. The van der Waals surface area contributed by atoms with Crippen LogP contribution in [0, 0.1) is 0 Å². The molecule has 5 N–H and O–H groups in total. The molecule has 6 heteroatoms. The van der Waals surface area contributed by atoms with E-state index in [0.29, 0.717) is 19.4 Å². The van der Waals surface area contributed by atoms with Gasteiger partial charge in [0, 0.05) is 24.9 Å². The van der Waals surface area contributed by atoms with Crippen LogP contribution in [-0.2, 0) is 17.6 Å². The van der Waals surface area contributed by atoms with Crippen LogP contribution in [0.15, 0.2) is 36.8 Å². The maximum absolute atomic E-state index is 11.8. The van der Waals surface area contributed by atoms with E-state index in [1.54, 1.807) is 36.8 Å². The number of imidazole rings is 1. The summed E-state index contributed by atoms with van der Waals surface area (Å²) in [6.45, 7) is 0.518. The summed E-state index contributed by atoms with van der Waals surface area (Å²) in [6.07, 6.45) is 4.46. The molecule has 0 saturated heterocycles. The summed E-state index contributed by atoms with van der Waals surface area (Å²) in [5.74, 6) is 0.0175. The van der Waals surface area contributed by atoms with Crippen LogP contribution < -0.4 is 11.1 Å². The van der Waals surface area contributed by atoms with E-state index in [9.17, 15) is 9.90 Å². The summed E-state index contributed by atoms with van der Waals surface area (Å²) in [5.41, 5.74) is 7.74. The molecule has 0 saturated carbocycles. The van der Waals surface area contributed by atoms with Crippen LogP contribution in [-0.4, -0.2) is 33.6 Å². The van der Waals surface area contributed by atoms with Crippen LogP contribution in [0.1, 0.15) is 11.3 Å². The summed E-state index contributed by atoms with van der Waals surface area (Å²) in [7, 11) is 0. The number of phenols is 1. The second-order valence-corrected chi connectivity index (χ2v) is 4.59. The molecule has 106 valence electrons. The first kappa shape index (κ1) is 14.1. The fraction of sp³-hybridized carbons (Fsp3) is 0.286. The zero-order chi connectivity index (χ0) is 14.4. The monoisotopic (exact) mass is 274 g/mol. The number of nitrogens with zero attached hydrogens (tertiary/aromatic N) is 1. The van der Waals surface area contributed by atoms with E-state index in [1.165, 1.54) is 0 Å². The Bertz CT molecular complexity index is 537. The van der Waals surface area contributed by atoms with Crippen molar-refractivity contribution >= 4 is 5.91 Å². The first-order valence-corrected chi connectivity index (χ1v) is 6.43. The number of carbonyl (C=O) groups is 1. The third-order valence-electron chi connectivity index (χ3n) is 2.98. The Morgan fingerprint density at radius 3 is 2.80 bits per heavy atom. The fourth-order valence-electron chi connectivity index (χ4n) is 1.85. The number of amides is 1. The minimum atomic E-state index is -0.596. The first-order chi connectivity index (χ1) is 9.65. The molecular formula is C14H18N4O2. The number of aromatic nitrogens is 2. The van der Waals surface area contributed by atoms with Crippen molar-refractivity contribution in [3.8, 4) is 5.75 Å². The Balaban J connectivity index is 1.75. The average Bonchev–Trinajstić information content (AvgIpc) is 2.94. The molecule has 20 heavy (non-hydrogen) atoms. The molecule has 1 aromatic carbocycles. The maximum atomic E-state index is 11.8. The molecule has 0 aliphatic carbocycles. The molecule has 0 bridgehead atoms. The highest BCUT2D eigenvalue weighted by Crippen LogP contribution is 2.10. The van der Waals surface area contributed by atoms with Crippen LogP contribution in [0.3, 0.4) is 0 Å². The van der Waals surface area contributed by atoms with E-state index < -0.39 is 6.04 Å². The number of H-pyrrole nitrogens is 1. The van der Waals surface area contributed by atoms with Crippen LogP contribution >= 0.6 is 0 Å². The smallest absolute Gasteiger partial charge is 0.237 e. The number of benzene rings is 1. The van der Waals surface area contributed by atoms with Gasteiger partial charge in [-0.15, -0.1) is 0 Å². The third kappa shape index (κ3) is 4.10. The van der Waals surface area contributed by atoms with Crippen molar-refractivity contribution in [3.05, 3.63) is 48.0 Å². The van der Waals surface area contributed by atoms with Gasteiger partial charge >= 0.3 is 0 Å². The average molecular weight is 274 g/mol. The molecule has 0 aliphatic heterocycles. The van der Waals surface area contributed by atoms with Crippen LogP contribution in [0.25, 0.3) is 0 Å². The fourth-order valence-corrected chi connectivity index (χ4v) is 1.85. The van der Waals surface area contributed by atoms with Gasteiger partial charge in [-0.25, -0.2) is 4.98 Å². The number of carbonyl (C=O) groups excluding carboxylic acids is 1. The van der Waals surface area contributed by atoms with Crippen LogP contribution in [0.2, 0.25) is 0 Å². The summed E-state index contributed by atoms with van der Waals surface area (Å²) in [5, 5.41) is 12.0. The number of nitrogens with two attached hydrogens (primary N) is 1. The molecule has 6 nitrogen and oxygen atoms in total. The lowest BCUT2D eigenvalue weighted by Gasteiger charge is -2.12. The highest BCUT2D eigenvalue weighted by molar-refractivity contribution is 5.81. The lowest BCUT2D eigenvalue weighted by Crippen LogP contribution is -2.42. The lowest BCUT2D eigenvalue weighted by atomic mass is 10.1. The maximum Gasteiger partial charge on any atom is 0.237 e. The van der Waals surface area contributed by atoms with E-state index in [0.717, 1.165) is 11.3 Å². The molecule has 1 aromatic heterocycles. The molecule has 0 spiro atoms. The van der Waals surface area contributed by atoms with Gasteiger partial charge < -0.3 is 21.1 Å². The SMILES string of the molecule is NC(Cc1ccc(O)cc1)C(=O)NCCc1cnc[nH]1. The Morgan fingerprint density at radius 1 is 1.40 bits per heavy atom. The number of phenolic OH excluding ortho intramolecular Hbond substituents is 1. The zero-order valence-electron chi connectivity index (χ0n) is 11.0. The molecule has 1 amide bonds. The minimum absolute atomic E-state index is 0.183. The Labute approximate surface area is 117 Å². The Morgan fingerprint density at radius 2 is 2.15 bits per heavy atom. The van der Waals surface area contributed by atoms with Crippen molar-refractivity contribution in [2.24, 2.45) is 5.73 Å². The number of hydrogen-bond acceptors (Lipinski definition) is 4. The van der Waals surface area contributed by atoms with E-state index in [-0.39, 0.29) is 11.7 Å². The van der Waals surface area contributed by atoms with Crippen molar-refractivity contribution in [1.82, 2.24) is 15.3 Å². The second-order valence-electron chi connectivity index (χ2n) is 4.59. The van der Waals surface area contributed by atoms with E-state index in [2.05, 4.69) is 15.3 Å². The zero-order valence-corrected chi connectivity index (χ0v) is 11.0. The van der Waals surface area contributed by atoms with Gasteiger partial charge in [-0.1, -0.05) is 12.1 Å². The Hall–Kier alpha value is -2.34. The predicted octanol–water partition coefficient (Wildman–Crippen LogP) is 0.344. The van der Waals surface area contributed by atoms with Gasteiger partial charge in [0.15, 0.2) is 0 Å². The van der Waals surface area contributed by atoms with E-state index >= 15 is 0 Å². The molecule has 1 atom stereocenters. The highest BCUT2D eigenvalue weighted by Gasteiger charge is 2.13. The molecule has 1 unspecified atom stereocenters. The standard InChI is InChI=1S/C14H18N4O2/c15-13(7-10-1-3-12(19)4-2-10)14(20)17-6-5-11-8-16-9-18-11/h1-4,8-9,13,19H,5-7,15H2,(H,16,18)(H,17,20). The number of aromatic hydroxyl groups is 1. The van der Waals surface area contributed by atoms with Gasteiger partial charge in [0.05, 0.1) is 12.4 Å². The van der Waals surface area contributed by atoms with Gasteiger partial charge in [0.1, 0.15) is 5.75 Å². The van der Waals surface area contributed by atoms with Crippen molar-refractivity contribution in [1.29, 1.82) is 0 Å². The number of rotatable bonds is 6. The van der Waals surface area contributed by atoms with E-state index in [4.69, 9.17) is 5.73 Å². The molecule has 1 heterocycles. The van der Waals surface area contributed by atoms with E-state index in [1.807, 2.05) is 0 Å². The van der Waals surface area contributed by atoms with Crippen molar-refractivity contribution < 1.29 is 9.90 Å². The molecule has 0 radical (unpaired) electrons. The molecule has 0 aliphatic rings. The number of hydrogen-bond donors (Lipinski definition) is 4. The van der Waals surface area contributed by atoms with Crippen molar-refractivity contribution in [2.45, 2.75) is 18.9 Å². The molecular weight excluding hydrogens is 256 g/mol. The van der Waals surface area contributed by atoms with Crippen LogP contribution in [0.5, 0.6) is 5.75 Å². The summed E-state index contributed by atoms with van der Waals surface area (Å²) in [4.78, 5) is 18.7. The topological polar surface area (TPSA) is 104 Å². The first-order valence-electron chi connectivity index (χ1n) is 6.43. The van der Waals surface area contributed by atoms with Gasteiger partial charge in [0.25, 0.3) is 0 Å². The number of nitrogens with one attached hydrogen (secondary N) is 2. The van der Waals surface area contributed by atoms with Crippen molar-refractivity contribution in [3.63, 3.8) is 0 Å². The summed E-state index contributed by atoms with van der Waals surface area (Å²) >= 11 is 0. The van der Waals surface area contributed by atoms with Gasteiger partial charge in [-0.05, 0) is 24.1 Å². The summed E-state index contributed by atoms with van der Waals surface area (Å²) < 4.78 is 0. The van der Waals surface area contributed by atoms with Gasteiger partial charge in [0.2, 0.25) is 5.91 Å². The highest BCUT2D eigenvalue weighted by atomic mass is 16.3. The third-order valence-corrected chi connectivity index (χ3v) is 2.98.